The molecular weight excluding hydrogens is 336 g/mol. The minimum absolute atomic E-state index is 0.239. The van der Waals surface area contributed by atoms with Crippen LogP contribution in [0.3, 0.4) is 0 Å². The summed E-state index contributed by atoms with van der Waals surface area (Å²) in [5, 5.41) is 3.24. The van der Waals surface area contributed by atoms with Crippen LogP contribution in [0.5, 0.6) is 5.75 Å². The van der Waals surface area contributed by atoms with E-state index >= 15 is 0 Å². The van der Waals surface area contributed by atoms with Gasteiger partial charge in [0.15, 0.2) is 0 Å². The SMILES string of the molecule is COc1ccc(C2C3CC4CC(C3)C2(C(=O)NCc2ccccn2)C4)cc1. The third kappa shape index (κ3) is 2.57. The highest BCUT2D eigenvalue weighted by molar-refractivity contribution is 5.85. The first kappa shape index (κ1) is 16.8. The van der Waals surface area contributed by atoms with Crippen LogP contribution in [0.1, 0.15) is 42.9 Å². The molecule has 6 rings (SSSR count). The van der Waals surface area contributed by atoms with Crippen molar-refractivity contribution in [2.45, 2.75) is 38.1 Å². The first-order valence-corrected chi connectivity index (χ1v) is 10.0. The molecule has 0 spiro atoms. The summed E-state index contributed by atoms with van der Waals surface area (Å²) >= 11 is 0. The lowest BCUT2D eigenvalue weighted by Gasteiger charge is -2.40. The van der Waals surface area contributed by atoms with Gasteiger partial charge in [0.1, 0.15) is 5.75 Å². The Morgan fingerprint density at radius 2 is 2.04 bits per heavy atom. The number of hydrogen-bond donors (Lipinski definition) is 1. The van der Waals surface area contributed by atoms with Gasteiger partial charge < -0.3 is 10.1 Å². The van der Waals surface area contributed by atoms with E-state index in [1.807, 2.05) is 30.3 Å². The van der Waals surface area contributed by atoms with E-state index in [1.54, 1.807) is 13.3 Å². The van der Waals surface area contributed by atoms with Crippen molar-refractivity contribution in [1.29, 1.82) is 0 Å². The number of ether oxygens (including phenoxy) is 1. The van der Waals surface area contributed by atoms with Crippen molar-refractivity contribution in [2.24, 2.45) is 23.2 Å². The minimum atomic E-state index is -0.239. The maximum absolute atomic E-state index is 13.5. The van der Waals surface area contributed by atoms with E-state index in [9.17, 15) is 4.79 Å². The molecule has 5 atom stereocenters. The van der Waals surface area contributed by atoms with E-state index in [1.165, 1.54) is 24.8 Å². The van der Waals surface area contributed by atoms with Gasteiger partial charge in [-0.2, -0.15) is 0 Å². The summed E-state index contributed by atoms with van der Waals surface area (Å²) in [4.78, 5) is 17.9. The lowest BCUT2D eigenvalue weighted by Crippen LogP contribution is -2.46. The highest BCUT2D eigenvalue weighted by atomic mass is 16.5. The van der Waals surface area contributed by atoms with Gasteiger partial charge in [0, 0.05) is 12.1 Å². The molecule has 1 aromatic carbocycles. The molecule has 1 N–H and O–H groups in total. The number of aromatic nitrogens is 1. The van der Waals surface area contributed by atoms with Crippen LogP contribution in [-0.4, -0.2) is 18.0 Å². The van der Waals surface area contributed by atoms with Crippen LogP contribution < -0.4 is 10.1 Å². The van der Waals surface area contributed by atoms with E-state index in [-0.39, 0.29) is 11.3 Å². The second-order valence-electron chi connectivity index (χ2n) is 8.53. The van der Waals surface area contributed by atoms with Crippen molar-refractivity contribution in [2.75, 3.05) is 7.11 Å². The van der Waals surface area contributed by atoms with Crippen LogP contribution in [0.4, 0.5) is 0 Å². The standard InChI is InChI=1S/C23H26N2O2/c1-27-20-7-5-16(6-8-20)21-17-10-15-11-18(12-17)23(21,13-15)22(26)25-14-19-4-2-3-9-24-19/h2-9,15,17-18,21H,10-14H2,1H3,(H,25,26). The number of carbonyl (C=O) groups is 1. The normalized spacial score (nSPS) is 33.2. The topological polar surface area (TPSA) is 51.2 Å². The average molecular weight is 362 g/mol. The first-order valence-electron chi connectivity index (χ1n) is 10.0. The number of hydrogen-bond acceptors (Lipinski definition) is 3. The number of pyridine rings is 1. The van der Waals surface area contributed by atoms with Gasteiger partial charge in [0.25, 0.3) is 0 Å². The molecule has 4 nitrogen and oxygen atoms in total. The zero-order valence-corrected chi connectivity index (χ0v) is 15.7. The van der Waals surface area contributed by atoms with Crippen LogP contribution in [0, 0.1) is 23.2 Å². The highest BCUT2D eigenvalue weighted by Gasteiger charge is 2.67. The summed E-state index contributed by atoms with van der Waals surface area (Å²) in [6.07, 6.45) is 6.52. The van der Waals surface area contributed by atoms with Crippen molar-refractivity contribution in [3.63, 3.8) is 0 Å². The third-order valence-electron chi connectivity index (χ3n) is 7.28. The van der Waals surface area contributed by atoms with E-state index in [0.29, 0.717) is 24.3 Å². The fourth-order valence-corrected chi connectivity index (χ4v) is 6.43. The number of benzene rings is 1. The highest BCUT2D eigenvalue weighted by Crippen LogP contribution is 2.71. The lowest BCUT2D eigenvalue weighted by molar-refractivity contribution is -0.134. The Balaban J connectivity index is 1.44. The Morgan fingerprint density at radius 1 is 1.19 bits per heavy atom. The van der Waals surface area contributed by atoms with Crippen LogP contribution in [0.2, 0.25) is 0 Å². The quantitative estimate of drug-likeness (QED) is 0.877. The zero-order chi connectivity index (χ0) is 18.4. The van der Waals surface area contributed by atoms with Gasteiger partial charge in [-0.15, -0.1) is 0 Å². The van der Waals surface area contributed by atoms with Crippen molar-refractivity contribution in [3.05, 3.63) is 59.9 Å². The van der Waals surface area contributed by atoms with Gasteiger partial charge in [-0.05, 0) is 73.3 Å². The number of rotatable bonds is 5. The van der Waals surface area contributed by atoms with Gasteiger partial charge in [0.05, 0.1) is 24.8 Å². The Labute approximate surface area is 160 Å². The predicted octanol–water partition coefficient (Wildman–Crippen LogP) is 3.93. The molecule has 1 aromatic heterocycles. The molecule has 2 aromatic rings. The van der Waals surface area contributed by atoms with Crippen molar-refractivity contribution in [3.8, 4) is 5.75 Å². The second kappa shape index (κ2) is 6.36. The molecule has 4 fully saturated rings. The van der Waals surface area contributed by atoms with E-state index in [0.717, 1.165) is 23.8 Å². The minimum Gasteiger partial charge on any atom is -0.497 e. The Hall–Kier alpha value is -2.36. The van der Waals surface area contributed by atoms with E-state index < -0.39 is 0 Å². The monoisotopic (exact) mass is 362 g/mol. The molecular formula is C23H26N2O2. The molecule has 4 heteroatoms. The predicted molar refractivity (Wildman–Crippen MR) is 103 cm³/mol. The molecule has 4 aliphatic rings. The largest absolute Gasteiger partial charge is 0.497 e. The zero-order valence-electron chi connectivity index (χ0n) is 15.7. The van der Waals surface area contributed by atoms with Crippen molar-refractivity contribution < 1.29 is 9.53 Å². The first-order chi connectivity index (χ1) is 13.2. The fraction of sp³-hybridized carbons (Fsp3) is 0.478. The number of amides is 1. The summed E-state index contributed by atoms with van der Waals surface area (Å²) in [6, 6.07) is 14.3. The van der Waals surface area contributed by atoms with E-state index in [4.69, 9.17) is 4.74 Å². The average Bonchev–Trinajstić information content (AvgIpc) is 3.10. The van der Waals surface area contributed by atoms with Crippen LogP contribution in [0.25, 0.3) is 0 Å². The van der Waals surface area contributed by atoms with Crippen LogP contribution in [-0.2, 0) is 11.3 Å². The molecule has 4 saturated carbocycles. The van der Waals surface area contributed by atoms with Crippen LogP contribution in [0.15, 0.2) is 48.7 Å². The molecule has 0 saturated heterocycles. The fourth-order valence-electron chi connectivity index (χ4n) is 6.43. The molecule has 0 radical (unpaired) electrons. The Bertz CT molecular complexity index is 835. The maximum Gasteiger partial charge on any atom is 0.227 e. The van der Waals surface area contributed by atoms with Crippen molar-refractivity contribution >= 4 is 5.91 Å². The number of carbonyl (C=O) groups excluding carboxylic acids is 1. The lowest BCUT2D eigenvalue weighted by atomic mass is 9.64. The molecule has 140 valence electrons. The summed E-state index contributed by atoms with van der Waals surface area (Å²) < 4.78 is 5.33. The maximum atomic E-state index is 13.5. The van der Waals surface area contributed by atoms with Gasteiger partial charge in [-0.3, -0.25) is 9.78 Å². The molecule has 4 aliphatic carbocycles. The van der Waals surface area contributed by atoms with Crippen molar-refractivity contribution in [1.82, 2.24) is 10.3 Å². The third-order valence-corrected chi connectivity index (χ3v) is 7.28. The van der Waals surface area contributed by atoms with Gasteiger partial charge >= 0.3 is 0 Å². The summed E-state index contributed by atoms with van der Waals surface area (Å²) in [5.74, 6) is 3.33. The summed E-state index contributed by atoms with van der Waals surface area (Å²) in [7, 11) is 1.70. The molecule has 1 heterocycles. The van der Waals surface area contributed by atoms with Gasteiger partial charge in [-0.1, -0.05) is 18.2 Å². The molecule has 5 unspecified atom stereocenters. The molecule has 4 bridgehead atoms. The van der Waals surface area contributed by atoms with Gasteiger partial charge in [-0.25, -0.2) is 0 Å². The Morgan fingerprint density at radius 3 is 2.78 bits per heavy atom. The number of methoxy groups -OCH3 is 1. The summed E-state index contributed by atoms with van der Waals surface area (Å²) in [5.41, 5.74) is 1.98. The second-order valence-corrected chi connectivity index (χ2v) is 8.53. The molecule has 1 amide bonds. The smallest absolute Gasteiger partial charge is 0.227 e. The summed E-state index contributed by atoms with van der Waals surface area (Å²) in [6.45, 7) is 0.513. The molecule has 0 aliphatic heterocycles. The number of nitrogens with zero attached hydrogens (tertiary/aromatic N) is 1. The van der Waals surface area contributed by atoms with E-state index in [2.05, 4.69) is 22.4 Å². The van der Waals surface area contributed by atoms with Crippen LogP contribution >= 0.6 is 0 Å². The Kier molecular flexibility index (Phi) is 3.96. The number of nitrogens with one attached hydrogen (secondary N) is 1. The molecule has 27 heavy (non-hydrogen) atoms. The van der Waals surface area contributed by atoms with Gasteiger partial charge in [0.2, 0.25) is 5.91 Å².